The number of rotatable bonds is 5. The molecule has 2 fully saturated rings. The summed E-state index contributed by atoms with van der Waals surface area (Å²) in [5.41, 5.74) is 0.698. The lowest BCUT2D eigenvalue weighted by atomic mass is 10.1. The molecular formula is C32H35ClFN5O6. The SMILES string of the molecule is Cc1cc(C(=O)N2CCCCNC(=O)[C@@H]3C[C@@H](CN3C(=O)COc3ccc(F)c(Cl)c3)N(C(=O)c3ccccc3)CCC2)no1. The van der Waals surface area contributed by atoms with E-state index in [1.165, 1.54) is 17.0 Å². The van der Waals surface area contributed by atoms with Gasteiger partial charge in [0.1, 0.15) is 23.4 Å². The Morgan fingerprint density at radius 3 is 2.53 bits per heavy atom. The molecule has 2 aromatic carbocycles. The lowest BCUT2D eigenvalue weighted by molar-refractivity contribution is -0.140. The van der Waals surface area contributed by atoms with E-state index >= 15 is 0 Å². The van der Waals surface area contributed by atoms with Crippen molar-refractivity contribution in [1.82, 2.24) is 25.2 Å². The molecule has 0 spiro atoms. The van der Waals surface area contributed by atoms with E-state index in [0.29, 0.717) is 56.8 Å². The summed E-state index contributed by atoms with van der Waals surface area (Å²) in [7, 11) is 0. The summed E-state index contributed by atoms with van der Waals surface area (Å²) in [6.45, 7) is 2.90. The number of ether oxygens (including phenoxy) is 1. The molecule has 2 atom stereocenters. The summed E-state index contributed by atoms with van der Waals surface area (Å²) in [4.78, 5) is 58.8. The molecule has 2 aliphatic heterocycles. The molecule has 0 radical (unpaired) electrons. The van der Waals surface area contributed by atoms with Crippen molar-refractivity contribution in [3.05, 3.63) is 82.5 Å². The van der Waals surface area contributed by atoms with Crippen molar-refractivity contribution in [2.24, 2.45) is 0 Å². The Balaban J connectivity index is 1.37. The van der Waals surface area contributed by atoms with Crippen LogP contribution in [0.1, 0.15) is 52.3 Å². The van der Waals surface area contributed by atoms with Crippen molar-refractivity contribution in [2.45, 2.75) is 44.7 Å². The van der Waals surface area contributed by atoms with Crippen molar-refractivity contribution >= 4 is 35.2 Å². The Bertz CT molecular complexity index is 1540. The van der Waals surface area contributed by atoms with E-state index in [4.69, 9.17) is 20.9 Å². The first-order chi connectivity index (χ1) is 21.7. The summed E-state index contributed by atoms with van der Waals surface area (Å²) < 4.78 is 24.3. The van der Waals surface area contributed by atoms with Gasteiger partial charge in [-0.1, -0.05) is 35.0 Å². The molecule has 11 nitrogen and oxygen atoms in total. The third-order valence-electron chi connectivity index (χ3n) is 7.99. The maximum absolute atomic E-state index is 13.8. The fourth-order valence-electron chi connectivity index (χ4n) is 5.69. The molecule has 238 valence electrons. The van der Waals surface area contributed by atoms with E-state index in [2.05, 4.69) is 10.5 Å². The van der Waals surface area contributed by atoms with Gasteiger partial charge in [-0.25, -0.2) is 4.39 Å². The highest BCUT2D eigenvalue weighted by Gasteiger charge is 2.43. The maximum Gasteiger partial charge on any atom is 0.276 e. The number of amides is 4. The summed E-state index contributed by atoms with van der Waals surface area (Å²) in [6, 6.07) is 12.9. The molecule has 0 unspecified atom stereocenters. The number of halogens is 2. The topological polar surface area (TPSA) is 125 Å². The van der Waals surface area contributed by atoms with Gasteiger partial charge < -0.3 is 29.3 Å². The Hall–Kier alpha value is -4.45. The Labute approximate surface area is 265 Å². The average molecular weight is 640 g/mol. The van der Waals surface area contributed by atoms with Crippen molar-refractivity contribution in [1.29, 1.82) is 0 Å². The highest BCUT2D eigenvalue weighted by molar-refractivity contribution is 6.30. The van der Waals surface area contributed by atoms with E-state index < -0.39 is 30.4 Å². The van der Waals surface area contributed by atoms with Gasteiger partial charge >= 0.3 is 0 Å². The number of nitrogens with zero attached hydrogens (tertiary/aromatic N) is 4. The third kappa shape index (κ3) is 7.80. The first-order valence-electron chi connectivity index (χ1n) is 14.9. The average Bonchev–Trinajstić information content (AvgIpc) is 3.68. The zero-order valence-corrected chi connectivity index (χ0v) is 25.7. The summed E-state index contributed by atoms with van der Waals surface area (Å²) in [5, 5.41) is 6.67. The second kappa shape index (κ2) is 14.6. The molecule has 2 aliphatic rings. The molecule has 2 saturated heterocycles. The Morgan fingerprint density at radius 1 is 1.02 bits per heavy atom. The van der Waals surface area contributed by atoms with Crippen LogP contribution in [-0.4, -0.2) is 94.9 Å². The van der Waals surface area contributed by atoms with Crippen LogP contribution in [0.2, 0.25) is 5.02 Å². The quantitative estimate of drug-likeness (QED) is 0.451. The number of benzene rings is 2. The van der Waals surface area contributed by atoms with Crippen LogP contribution in [0.15, 0.2) is 59.1 Å². The number of aromatic nitrogens is 1. The highest BCUT2D eigenvalue weighted by atomic mass is 35.5. The molecule has 4 amide bonds. The minimum absolute atomic E-state index is 0.115. The lowest BCUT2D eigenvalue weighted by Gasteiger charge is -2.30. The van der Waals surface area contributed by atoms with Crippen LogP contribution < -0.4 is 10.1 Å². The minimum Gasteiger partial charge on any atom is -0.484 e. The fraction of sp³-hybridized carbons (Fsp3) is 0.406. The second-order valence-corrected chi connectivity index (χ2v) is 11.6. The molecule has 3 heterocycles. The predicted octanol–water partition coefficient (Wildman–Crippen LogP) is 3.71. The van der Waals surface area contributed by atoms with Crippen LogP contribution in [-0.2, 0) is 9.59 Å². The van der Waals surface area contributed by atoms with Crippen molar-refractivity contribution in [3.63, 3.8) is 0 Å². The van der Waals surface area contributed by atoms with Crippen LogP contribution in [0, 0.1) is 12.7 Å². The molecule has 3 aromatic rings. The molecular weight excluding hydrogens is 605 g/mol. The number of fused-ring (bicyclic) bond motifs is 2. The monoisotopic (exact) mass is 639 g/mol. The van der Waals surface area contributed by atoms with Gasteiger partial charge in [-0.15, -0.1) is 0 Å². The largest absolute Gasteiger partial charge is 0.484 e. The number of likely N-dealkylation sites (tertiary alicyclic amines) is 1. The number of carbonyl (C=O) groups excluding carboxylic acids is 4. The molecule has 45 heavy (non-hydrogen) atoms. The molecule has 1 aromatic heterocycles. The normalized spacial score (nSPS) is 19.5. The van der Waals surface area contributed by atoms with Crippen LogP contribution >= 0.6 is 11.6 Å². The molecule has 5 rings (SSSR count). The summed E-state index contributed by atoms with van der Waals surface area (Å²) in [5.74, 6) is -1.13. The number of hydrogen-bond acceptors (Lipinski definition) is 7. The molecule has 0 aliphatic carbocycles. The van der Waals surface area contributed by atoms with Gasteiger partial charge in [0.05, 0.1) is 11.1 Å². The summed E-state index contributed by atoms with van der Waals surface area (Å²) in [6.07, 6.45) is 1.94. The third-order valence-corrected chi connectivity index (χ3v) is 8.28. The van der Waals surface area contributed by atoms with Gasteiger partial charge in [-0.3, -0.25) is 19.2 Å². The standard InChI is InChI=1S/C32H35ClFN5O6/c1-21-16-27(36-45-21)32(43)37-13-6-5-12-35-30(41)28-17-23(38(15-7-14-37)31(42)22-8-3-2-4-9-22)19-39(28)29(40)20-44-24-10-11-26(34)25(33)18-24/h2-4,8-11,16,18,23,28H,5-7,12-15,17,19-20H2,1H3,(H,35,41)/t23-,28-/m0/s1. The zero-order valence-electron chi connectivity index (χ0n) is 24.9. The van der Waals surface area contributed by atoms with E-state index in [0.717, 1.165) is 6.07 Å². The van der Waals surface area contributed by atoms with E-state index in [1.54, 1.807) is 47.1 Å². The minimum atomic E-state index is -0.814. The van der Waals surface area contributed by atoms with Crippen LogP contribution in [0.5, 0.6) is 5.75 Å². The highest BCUT2D eigenvalue weighted by Crippen LogP contribution is 2.26. The van der Waals surface area contributed by atoms with Crippen molar-refractivity contribution in [3.8, 4) is 5.75 Å². The van der Waals surface area contributed by atoms with Gasteiger partial charge in [0.25, 0.3) is 17.7 Å². The predicted molar refractivity (Wildman–Crippen MR) is 162 cm³/mol. The number of nitrogens with one attached hydrogen (secondary N) is 1. The molecule has 1 N–H and O–H groups in total. The van der Waals surface area contributed by atoms with Gasteiger partial charge in [-0.2, -0.15) is 0 Å². The van der Waals surface area contributed by atoms with Gasteiger partial charge in [0.2, 0.25) is 5.91 Å². The van der Waals surface area contributed by atoms with Gasteiger partial charge in [-0.05, 0) is 56.9 Å². The second-order valence-electron chi connectivity index (χ2n) is 11.1. The van der Waals surface area contributed by atoms with Crippen LogP contribution in [0.3, 0.4) is 0 Å². The van der Waals surface area contributed by atoms with Gasteiger partial charge in [0.15, 0.2) is 12.3 Å². The van der Waals surface area contributed by atoms with Crippen molar-refractivity contribution < 1.29 is 32.8 Å². The maximum atomic E-state index is 13.8. The Morgan fingerprint density at radius 2 is 1.80 bits per heavy atom. The van der Waals surface area contributed by atoms with Gasteiger partial charge in [0, 0.05) is 50.4 Å². The molecule has 0 saturated carbocycles. The first kappa shape index (κ1) is 32.0. The smallest absolute Gasteiger partial charge is 0.276 e. The number of carbonyl (C=O) groups is 4. The van der Waals surface area contributed by atoms with Crippen molar-refractivity contribution in [2.75, 3.05) is 39.3 Å². The number of aryl methyl sites for hydroxylation is 1. The Kier molecular flexibility index (Phi) is 10.3. The summed E-state index contributed by atoms with van der Waals surface area (Å²) >= 11 is 5.85. The first-order valence-corrected chi connectivity index (χ1v) is 15.3. The zero-order chi connectivity index (χ0) is 31.9. The van der Waals surface area contributed by atoms with Crippen LogP contribution in [0.4, 0.5) is 4.39 Å². The van der Waals surface area contributed by atoms with E-state index in [1.807, 2.05) is 6.07 Å². The van der Waals surface area contributed by atoms with E-state index in [-0.39, 0.29) is 47.2 Å². The molecule has 2 bridgehead atoms. The van der Waals surface area contributed by atoms with E-state index in [9.17, 15) is 23.6 Å². The molecule has 13 heteroatoms. The van der Waals surface area contributed by atoms with Crippen LogP contribution in [0.25, 0.3) is 0 Å². The fourth-order valence-corrected chi connectivity index (χ4v) is 5.86. The lowest BCUT2D eigenvalue weighted by Crippen LogP contribution is -2.47. The number of hydrogen-bond donors (Lipinski definition) is 1.